The third kappa shape index (κ3) is 3.42. The van der Waals surface area contributed by atoms with Crippen LogP contribution in [0.5, 0.6) is 0 Å². The minimum Gasteiger partial charge on any atom is -0.376 e. The molecule has 1 aliphatic heterocycles. The first-order valence-electron chi connectivity index (χ1n) is 7.72. The Labute approximate surface area is 131 Å². The molecule has 1 unspecified atom stereocenters. The van der Waals surface area contributed by atoms with Crippen LogP contribution < -0.4 is 0 Å². The maximum absolute atomic E-state index is 6.51. The summed E-state index contributed by atoms with van der Waals surface area (Å²) in [5.41, 5.74) is 2.23. The van der Waals surface area contributed by atoms with Crippen LogP contribution in [0.1, 0.15) is 26.0 Å². The number of halogens is 1. The molecule has 1 N–H and O–H groups in total. The van der Waals surface area contributed by atoms with Crippen LogP contribution in [0.2, 0.25) is 5.02 Å². The monoisotopic (exact) mass is 306 g/mol. The Hall–Kier alpha value is -1.03. The maximum Gasteiger partial charge on any atom is 0.0705 e. The summed E-state index contributed by atoms with van der Waals surface area (Å²) in [6.07, 6.45) is 1.47. The second-order valence-electron chi connectivity index (χ2n) is 6.32. The van der Waals surface area contributed by atoms with Gasteiger partial charge in [-0.05, 0) is 18.4 Å². The second-order valence-corrected chi connectivity index (χ2v) is 6.70. The molecule has 114 valence electrons. The van der Waals surface area contributed by atoms with Crippen molar-refractivity contribution in [2.24, 2.45) is 5.92 Å². The number of nitrogens with zero attached hydrogens (tertiary/aromatic N) is 1. The highest BCUT2D eigenvalue weighted by Crippen LogP contribution is 2.28. The zero-order valence-electron chi connectivity index (χ0n) is 12.7. The Kier molecular flexibility index (Phi) is 4.53. The van der Waals surface area contributed by atoms with Crippen molar-refractivity contribution in [3.8, 4) is 0 Å². The van der Waals surface area contributed by atoms with Crippen LogP contribution in [0.4, 0.5) is 0 Å². The minimum atomic E-state index is 0.349. The molecule has 0 saturated carbocycles. The summed E-state index contributed by atoms with van der Waals surface area (Å²) in [4.78, 5) is 5.89. The summed E-state index contributed by atoms with van der Waals surface area (Å²) in [6, 6.07) is 8.20. The standard InChI is InChI=1S/C17H23ClN2O/c1-12(2)9-13-10-20(7-8-21-13)11-16-17(18)14-5-3-4-6-15(14)19-16/h3-6,12-13,19H,7-11H2,1-2H3. The number of morpholine rings is 1. The summed E-state index contributed by atoms with van der Waals surface area (Å²) in [7, 11) is 0. The SMILES string of the molecule is CC(C)CC1CN(Cc2[nH]c3ccccc3c2Cl)CCO1. The number of para-hydroxylation sites is 1. The molecule has 0 radical (unpaired) electrons. The molecule has 21 heavy (non-hydrogen) atoms. The fraction of sp³-hybridized carbons (Fsp3) is 0.529. The van der Waals surface area contributed by atoms with Gasteiger partial charge in [-0.1, -0.05) is 43.6 Å². The third-order valence-corrected chi connectivity index (χ3v) is 4.48. The van der Waals surface area contributed by atoms with Crippen LogP contribution in [0, 0.1) is 5.92 Å². The van der Waals surface area contributed by atoms with E-state index in [1.807, 2.05) is 12.1 Å². The van der Waals surface area contributed by atoms with E-state index in [0.717, 1.165) is 54.3 Å². The molecule has 0 bridgehead atoms. The van der Waals surface area contributed by atoms with E-state index < -0.39 is 0 Å². The van der Waals surface area contributed by atoms with Crippen LogP contribution in [0.15, 0.2) is 24.3 Å². The molecular weight excluding hydrogens is 284 g/mol. The Morgan fingerprint density at radius 1 is 1.38 bits per heavy atom. The topological polar surface area (TPSA) is 28.3 Å². The fourth-order valence-electron chi connectivity index (χ4n) is 3.09. The van der Waals surface area contributed by atoms with Gasteiger partial charge >= 0.3 is 0 Å². The van der Waals surface area contributed by atoms with Crippen molar-refractivity contribution in [3.05, 3.63) is 35.0 Å². The first-order chi connectivity index (χ1) is 10.1. The van der Waals surface area contributed by atoms with Gasteiger partial charge in [0.05, 0.1) is 17.7 Å². The Morgan fingerprint density at radius 3 is 2.95 bits per heavy atom. The zero-order valence-corrected chi connectivity index (χ0v) is 13.5. The normalized spacial score (nSPS) is 20.5. The molecule has 2 heterocycles. The smallest absolute Gasteiger partial charge is 0.0705 e. The van der Waals surface area contributed by atoms with Crippen molar-refractivity contribution in [1.29, 1.82) is 0 Å². The Morgan fingerprint density at radius 2 is 2.19 bits per heavy atom. The van der Waals surface area contributed by atoms with E-state index in [-0.39, 0.29) is 0 Å². The first kappa shape index (κ1) is 14.9. The predicted molar refractivity (Wildman–Crippen MR) is 87.8 cm³/mol. The quantitative estimate of drug-likeness (QED) is 0.922. The number of rotatable bonds is 4. The van der Waals surface area contributed by atoms with E-state index >= 15 is 0 Å². The molecule has 3 nitrogen and oxygen atoms in total. The maximum atomic E-state index is 6.51. The summed E-state index contributed by atoms with van der Waals surface area (Å²) in [5, 5.41) is 1.97. The summed E-state index contributed by atoms with van der Waals surface area (Å²) < 4.78 is 5.86. The van der Waals surface area contributed by atoms with Gasteiger partial charge < -0.3 is 9.72 Å². The summed E-state index contributed by atoms with van der Waals surface area (Å²) in [6.45, 7) is 8.14. The van der Waals surface area contributed by atoms with Gasteiger partial charge in [0, 0.05) is 36.2 Å². The van der Waals surface area contributed by atoms with Gasteiger partial charge in [-0.3, -0.25) is 4.90 Å². The molecule has 3 rings (SSSR count). The highest BCUT2D eigenvalue weighted by atomic mass is 35.5. The number of hydrogen-bond acceptors (Lipinski definition) is 2. The lowest BCUT2D eigenvalue weighted by Gasteiger charge is -2.33. The number of H-pyrrole nitrogens is 1. The molecule has 1 atom stereocenters. The molecule has 2 aromatic rings. The van der Waals surface area contributed by atoms with Crippen LogP contribution >= 0.6 is 11.6 Å². The van der Waals surface area contributed by atoms with Gasteiger partial charge in [0.15, 0.2) is 0 Å². The van der Waals surface area contributed by atoms with Crippen molar-refractivity contribution in [3.63, 3.8) is 0 Å². The number of aromatic amines is 1. The fourth-order valence-corrected chi connectivity index (χ4v) is 3.36. The van der Waals surface area contributed by atoms with Crippen LogP contribution in [-0.4, -0.2) is 35.7 Å². The van der Waals surface area contributed by atoms with Crippen molar-refractivity contribution >= 4 is 22.5 Å². The number of nitrogens with one attached hydrogen (secondary N) is 1. The molecule has 0 spiro atoms. The highest BCUT2D eigenvalue weighted by molar-refractivity contribution is 6.36. The average Bonchev–Trinajstić information content (AvgIpc) is 2.76. The van der Waals surface area contributed by atoms with Gasteiger partial charge in [0.1, 0.15) is 0 Å². The van der Waals surface area contributed by atoms with E-state index in [1.165, 1.54) is 0 Å². The molecule has 1 aromatic carbocycles. The van der Waals surface area contributed by atoms with Crippen LogP contribution in [0.3, 0.4) is 0 Å². The Bertz CT molecular complexity index is 608. The zero-order chi connectivity index (χ0) is 14.8. The van der Waals surface area contributed by atoms with E-state index in [1.54, 1.807) is 0 Å². The lowest BCUT2D eigenvalue weighted by Crippen LogP contribution is -2.42. The number of hydrogen-bond donors (Lipinski definition) is 1. The summed E-state index contributed by atoms with van der Waals surface area (Å²) in [5.74, 6) is 0.673. The molecule has 1 aliphatic rings. The largest absolute Gasteiger partial charge is 0.376 e. The van der Waals surface area contributed by atoms with Crippen molar-refractivity contribution in [1.82, 2.24) is 9.88 Å². The highest BCUT2D eigenvalue weighted by Gasteiger charge is 2.22. The molecule has 0 aliphatic carbocycles. The van der Waals surface area contributed by atoms with Gasteiger partial charge in [-0.2, -0.15) is 0 Å². The minimum absolute atomic E-state index is 0.349. The number of ether oxygens (including phenoxy) is 1. The van der Waals surface area contributed by atoms with E-state index in [4.69, 9.17) is 16.3 Å². The van der Waals surface area contributed by atoms with Crippen molar-refractivity contribution in [2.75, 3.05) is 19.7 Å². The number of benzene rings is 1. The lowest BCUT2D eigenvalue weighted by molar-refractivity contribution is -0.0402. The molecule has 1 fully saturated rings. The molecule has 0 amide bonds. The van der Waals surface area contributed by atoms with Crippen LogP contribution in [0.25, 0.3) is 10.9 Å². The molecule has 1 aromatic heterocycles. The summed E-state index contributed by atoms with van der Waals surface area (Å²) >= 11 is 6.51. The Balaban J connectivity index is 1.71. The third-order valence-electron chi connectivity index (χ3n) is 4.05. The van der Waals surface area contributed by atoms with E-state index in [2.05, 4.69) is 35.9 Å². The molecular formula is C17H23ClN2O. The average molecular weight is 307 g/mol. The van der Waals surface area contributed by atoms with E-state index in [9.17, 15) is 0 Å². The van der Waals surface area contributed by atoms with Crippen molar-refractivity contribution in [2.45, 2.75) is 32.9 Å². The lowest BCUT2D eigenvalue weighted by atomic mass is 10.0. The molecule has 4 heteroatoms. The van der Waals surface area contributed by atoms with Gasteiger partial charge in [-0.15, -0.1) is 0 Å². The van der Waals surface area contributed by atoms with E-state index in [0.29, 0.717) is 12.0 Å². The first-order valence-corrected chi connectivity index (χ1v) is 8.10. The van der Waals surface area contributed by atoms with Crippen molar-refractivity contribution < 1.29 is 4.74 Å². The second kappa shape index (κ2) is 6.39. The number of fused-ring (bicyclic) bond motifs is 1. The van der Waals surface area contributed by atoms with Gasteiger partial charge in [0.2, 0.25) is 0 Å². The predicted octanol–water partition coefficient (Wildman–Crippen LogP) is 4.07. The number of aromatic nitrogens is 1. The van der Waals surface area contributed by atoms with Gasteiger partial charge in [0.25, 0.3) is 0 Å². The molecule has 1 saturated heterocycles. The van der Waals surface area contributed by atoms with Gasteiger partial charge in [-0.25, -0.2) is 0 Å². The van der Waals surface area contributed by atoms with Crippen LogP contribution in [-0.2, 0) is 11.3 Å².